The van der Waals surface area contributed by atoms with Gasteiger partial charge in [0.2, 0.25) is 5.91 Å². The van der Waals surface area contributed by atoms with E-state index < -0.39 is 5.91 Å². The molecule has 2 aromatic rings. The summed E-state index contributed by atoms with van der Waals surface area (Å²) in [6.45, 7) is 0.331. The SMILES string of the molecule is NC(=O)c1cnccc1NCC(=O)NCc1ccco1. The monoisotopic (exact) mass is 274 g/mol. The van der Waals surface area contributed by atoms with Crippen molar-refractivity contribution in [2.45, 2.75) is 6.54 Å². The molecule has 2 heterocycles. The number of hydrogen-bond donors (Lipinski definition) is 3. The van der Waals surface area contributed by atoms with Crippen LogP contribution in [-0.4, -0.2) is 23.3 Å². The first-order valence-electron chi connectivity index (χ1n) is 5.93. The molecule has 104 valence electrons. The van der Waals surface area contributed by atoms with Crippen molar-refractivity contribution in [2.75, 3.05) is 11.9 Å². The predicted octanol–water partition coefficient (Wildman–Crippen LogP) is 0.502. The molecule has 7 nitrogen and oxygen atoms in total. The van der Waals surface area contributed by atoms with Crippen LogP contribution in [0, 0.1) is 0 Å². The van der Waals surface area contributed by atoms with Gasteiger partial charge in [-0.1, -0.05) is 0 Å². The van der Waals surface area contributed by atoms with E-state index >= 15 is 0 Å². The molecular weight excluding hydrogens is 260 g/mol. The third-order valence-electron chi connectivity index (χ3n) is 2.57. The molecule has 0 aliphatic rings. The Morgan fingerprint density at radius 2 is 2.20 bits per heavy atom. The summed E-state index contributed by atoms with van der Waals surface area (Å²) in [7, 11) is 0. The van der Waals surface area contributed by atoms with Crippen LogP contribution in [0.4, 0.5) is 5.69 Å². The third kappa shape index (κ3) is 3.58. The fourth-order valence-corrected chi connectivity index (χ4v) is 1.58. The number of aromatic nitrogens is 1. The molecule has 0 aliphatic carbocycles. The van der Waals surface area contributed by atoms with Crippen molar-refractivity contribution in [2.24, 2.45) is 5.73 Å². The lowest BCUT2D eigenvalue weighted by atomic mass is 10.2. The maximum absolute atomic E-state index is 11.6. The minimum atomic E-state index is -0.600. The second-order valence-corrected chi connectivity index (χ2v) is 4.00. The van der Waals surface area contributed by atoms with Gasteiger partial charge < -0.3 is 20.8 Å². The number of amides is 2. The van der Waals surface area contributed by atoms with E-state index in [1.165, 1.54) is 18.7 Å². The van der Waals surface area contributed by atoms with Gasteiger partial charge in [0.05, 0.1) is 30.6 Å². The minimum Gasteiger partial charge on any atom is -0.467 e. The van der Waals surface area contributed by atoms with Crippen molar-refractivity contribution in [3.63, 3.8) is 0 Å². The zero-order chi connectivity index (χ0) is 14.4. The fraction of sp³-hybridized carbons (Fsp3) is 0.154. The van der Waals surface area contributed by atoms with Crippen molar-refractivity contribution >= 4 is 17.5 Å². The summed E-state index contributed by atoms with van der Waals surface area (Å²) in [4.78, 5) is 26.6. The van der Waals surface area contributed by atoms with Gasteiger partial charge in [0.25, 0.3) is 5.91 Å². The number of rotatable bonds is 6. The first kappa shape index (κ1) is 13.6. The lowest BCUT2D eigenvalue weighted by Gasteiger charge is -2.09. The Labute approximate surface area is 115 Å². The third-order valence-corrected chi connectivity index (χ3v) is 2.57. The minimum absolute atomic E-state index is 0.0189. The van der Waals surface area contributed by atoms with Gasteiger partial charge in [-0.2, -0.15) is 0 Å². The van der Waals surface area contributed by atoms with E-state index in [2.05, 4.69) is 15.6 Å². The largest absolute Gasteiger partial charge is 0.467 e. The Kier molecular flexibility index (Phi) is 4.33. The van der Waals surface area contributed by atoms with Crippen LogP contribution in [0.3, 0.4) is 0 Å². The molecule has 2 amide bonds. The second-order valence-electron chi connectivity index (χ2n) is 4.00. The van der Waals surface area contributed by atoms with Crippen molar-refractivity contribution in [1.82, 2.24) is 10.3 Å². The van der Waals surface area contributed by atoms with Gasteiger partial charge in [0.1, 0.15) is 5.76 Å². The highest BCUT2D eigenvalue weighted by atomic mass is 16.3. The van der Waals surface area contributed by atoms with Gasteiger partial charge in [-0.3, -0.25) is 14.6 Å². The van der Waals surface area contributed by atoms with E-state index in [1.54, 1.807) is 18.2 Å². The van der Waals surface area contributed by atoms with E-state index in [-0.39, 0.29) is 18.0 Å². The van der Waals surface area contributed by atoms with E-state index in [0.29, 0.717) is 18.0 Å². The summed E-state index contributed by atoms with van der Waals surface area (Å²) in [5.74, 6) is -0.162. The average Bonchev–Trinajstić information content (AvgIpc) is 2.96. The van der Waals surface area contributed by atoms with Gasteiger partial charge in [-0.25, -0.2) is 0 Å². The number of pyridine rings is 1. The molecule has 0 atom stereocenters. The lowest BCUT2D eigenvalue weighted by Crippen LogP contribution is -2.29. The molecule has 4 N–H and O–H groups in total. The average molecular weight is 274 g/mol. The normalized spacial score (nSPS) is 10.0. The summed E-state index contributed by atoms with van der Waals surface area (Å²) in [6, 6.07) is 5.09. The number of carbonyl (C=O) groups excluding carboxylic acids is 2. The molecule has 0 spiro atoms. The van der Waals surface area contributed by atoms with Crippen LogP contribution >= 0.6 is 0 Å². The quantitative estimate of drug-likeness (QED) is 0.710. The standard InChI is InChI=1S/C13H14N4O3/c14-13(19)10-7-15-4-3-11(10)16-8-12(18)17-6-9-2-1-5-20-9/h1-5,7H,6,8H2,(H2,14,19)(H,15,16)(H,17,18). The Morgan fingerprint density at radius 3 is 2.90 bits per heavy atom. The van der Waals surface area contributed by atoms with Crippen molar-refractivity contribution < 1.29 is 14.0 Å². The number of anilines is 1. The summed E-state index contributed by atoms with van der Waals surface area (Å²) in [5.41, 5.74) is 5.93. The van der Waals surface area contributed by atoms with E-state index in [4.69, 9.17) is 10.2 Å². The Bertz CT molecular complexity index is 595. The van der Waals surface area contributed by atoms with Crippen LogP contribution in [0.5, 0.6) is 0 Å². The fourth-order valence-electron chi connectivity index (χ4n) is 1.58. The van der Waals surface area contributed by atoms with Gasteiger partial charge in [0, 0.05) is 12.4 Å². The van der Waals surface area contributed by atoms with Gasteiger partial charge in [-0.05, 0) is 18.2 Å². The van der Waals surface area contributed by atoms with Gasteiger partial charge in [0.15, 0.2) is 0 Å². The lowest BCUT2D eigenvalue weighted by molar-refractivity contribution is -0.119. The van der Waals surface area contributed by atoms with E-state index in [9.17, 15) is 9.59 Å². The number of carbonyl (C=O) groups is 2. The topological polar surface area (TPSA) is 110 Å². The smallest absolute Gasteiger partial charge is 0.252 e. The Morgan fingerprint density at radius 1 is 1.35 bits per heavy atom. The molecule has 2 aromatic heterocycles. The molecule has 2 rings (SSSR count). The maximum atomic E-state index is 11.6. The molecule has 0 aromatic carbocycles. The highest BCUT2D eigenvalue weighted by molar-refractivity contribution is 5.98. The molecule has 20 heavy (non-hydrogen) atoms. The van der Waals surface area contributed by atoms with Crippen LogP contribution in [0.15, 0.2) is 41.3 Å². The molecule has 0 unspecified atom stereocenters. The van der Waals surface area contributed by atoms with Crippen molar-refractivity contribution in [3.05, 3.63) is 48.2 Å². The zero-order valence-electron chi connectivity index (χ0n) is 10.6. The summed E-state index contributed by atoms with van der Waals surface area (Å²) in [6.07, 6.45) is 4.40. The number of nitrogens with zero attached hydrogens (tertiary/aromatic N) is 1. The number of nitrogens with one attached hydrogen (secondary N) is 2. The van der Waals surface area contributed by atoms with Crippen molar-refractivity contribution in [1.29, 1.82) is 0 Å². The molecule has 0 bridgehead atoms. The first-order chi connectivity index (χ1) is 9.66. The zero-order valence-corrected chi connectivity index (χ0v) is 10.6. The number of hydrogen-bond acceptors (Lipinski definition) is 5. The first-order valence-corrected chi connectivity index (χ1v) is 5.93. The maximum Gasteiger partial charge on any atom is 0.252 e. The molecule has 0 radical (unpaired) electrons. The van der Waals surface area contributed by atoms with Crippen LogP contribution in [0.25, 0.3) is 0 Å². The summed E-state index contributed by atoms with van der Waals surface area (Å²) in [5, 5.41) is 5.52. The number of primary amides is 1. The van der Waals surface area contributed by atoms with Crippen LogP contribution < -0.4 is 16.4 Å². The van der Waals surface area contributed by atoms with Gasteiger partial charge in [-0.15, -0.1) is 0 Å². The molecule has 0 saturated heterocycles. The number of nitrogens with two attached hydrogens (primary N) is 1. The van der Waals surface area contributed by atoms with Gasteiger partial charge >= 0.3 is 0 Å². The second kappa shape index (κ2) is 6.37. The van der Waals surface area contributed by atoms with Crippen molar-refractivity contribution in [3.8, 4) is 0 Å². The molecule has 7 heteroatoms. The van der Waals surface area contributed by atoms with Crippen LogP contribution in [0.2, 0.25) is 0 Å². The van der Waals surface area contributed by atoms with Crippen LogP contribution in [0.1, 0.15) is 16.1 Å². The highest BCUT2D eigenvalue weighted by Crippen LogP contribution is 2.11. The van der Waals surface area contributed by atoms with Crippen LogP contribution in [-0.2, 0) is 11.3 Å². The highest BCUT2D eigenvalue weighted by Gasteiger charge is 2.09. The number of furan rings is 1. The predicted molar refractivity (Wildman–Crippen MR) is 71.8 cm³/mol. The molecular formula is C13H14N4O3. The van der Waals surface area contributed by atoms with E-state index in [0.717, 1.165) is 0 Å². The Hall–Kier alpha value is -2.83. The molecule has 0 saturated carbocycles. The Balaban J connectivity index is 1.85. The molecule has 0 aliphatic heterocycles. The summed E-state index contributed by atoms with van der Waals surface area (Å²) >= 11 is 0. The molecule has 0 fully saturated rings. The summed E-state index contributed by atoms with van der Waals surface area (Å²) < 4.78 is 5.09. The van der Waals surface area contributed by atoms with E-state index in [1.807, 2.05) is 0 Å².